The van der Waals surface area contributed by atoms with Crippen LogP contribution in [0, 0.1) is 0 Å². The molecule has 0 saturated carbocycles. The van der Waals surface area contributed by atoms with E-state index in [-0.39, 0.29) is 6.54 Å². The Hall–Kier alpha value is -2.58. The number of rotatable bonds is 6. The zero-order chi connectivity index (χ0) is 18.6. The molecule has 25 heavy (non-hydrogen) atoms. The second kappa shape index (κ2) is 7.54. The highest BCUT2D eigenvalue weighted by molar-refractivity contribution is 6.03. The number of benzene rings is 1. The van der Waals surface area contributed by atoms with E-state index < -0.39 is 24.0 Å². The lowest BCUT2D eigenvalue weighted by atomic mass is 10.0. The van der Waals surface area contributed by atoms with Crippen molar-refractivity contribution in [3.63, 3.8) is 0 Å². The molecule has 136 valence electrons. The van der Waals surface area contributed by atoms with Crippen molar-refractivity contribution in [2.75, 3.05) is 27.9 Å². The van der Waals surface area contributed by atoms with Crippen LogP contribution in [0.4, 0.5) is 0 Å². The SMILES string of the molecule is COc1cc(CC(O)(O)C(=O)N2CCC=CC2=O)cc(OC)c1OC. The Labute approximate surface area is 145 Å². The van der Waals surface area contributed by atoms with E-state index in [2.05, 4.69) is 0 Å². The lowest BCUT2D eigenvalue weighted by molar-refractivity contribution is -0.196. The molecule has 0 atom stereocenters. The molecule has 0 spiro atoms. The number of imide groups is 1. The molecule has 0 saturated heterocycles. The molecule has 0 aromatic heterocycles. The molecule has 0 radical (unpaired) electrons. The molecule has 2 rings (SSSR count). The van der Waals surface area contributed by atoms with Gasteiger partial charge in [-0.1, -0.05) is 6.08 Å². The number of hydrogen-bond donors (Lipinski definition) is 2. The number of carbonyl (C=O) groups is 2. The van der Waals surface area contributed by atoms with Crippen molar-refractivity contribution < 1.29 is 34.0 Å². The van der Waals surface area contributed by atoms with Crippen molar-refractivity contribution in [1.29, 1.82) is 0 Å². The average Bonchev–Trinajstić information content (AvgIpc) is 2.60. The Bertz CT molecular complexity index is 671. The standard InChI is InChI=1S/C17H21NO7/c1-23-12-8-11(9-13(24-2)15(12)25-3)10-17(21,22)16(20)18-7-5-4-6-14(18)19/h4,6,8-9,21-22H,5,7,10H2,1-3H3. The van der Waals surface area contributed by atoms with E-state index in [0.29, 0.717) is 29.2 Å². The van der Waals surface area contributed by atoms with Crippen LogP contribution in [0.25, 0.3) is 0 Å². The van der Waals surface area contributed by atoms with E-state index in [1.807, 2.05) is 0 Å². The monoisotopic (exact) mass is 351 g/mol. The third kappa shape index (κ3) is 3.92. The molecule has 0 fully saturated rings. The van der Waals surface area contributed by atoms with Gasteiger partial charge in [0.2, 0.25) is 11.5 Å². The van der Waals surface area contributed by atoms with Crippen LogP contribution in [-0.4, -0.2) is 60.6 Å². The van der Waals surface area contributed by atoms with Crippen molar-refractivity contribution in [1.82, 2.24) is 4.90 Å². The lowest BCUT2D eigenvalue weighted by Crippen LogP contribution is -2.53. The first-order valence-electron chi connectivity index (χ1n) is 7.60. The summed E-state index contributed by atoms with van der Waals surface area (Å²) in [6.45, 7) is 0.103. The smallest absolute Gasteiger partial charge is 0.289 e. The first-order valence-corrected chi connectivity index (χ1v) is 7.60. The molecule has 8 nitrogen and oxygen atoms in total. The molecular formula is C17H21NO7. The molecule has 1 aromatic rings. The summed E-state index contributed by atoms with van der Waals surface area (Å²) < 4.78 is 15.6. The largest absolute Gasteiger partial charge is 0.493 e. The number of carbonyl (C=O) groups excluding carboxylic acids is 2. The summed E-state index contributed by atoms with van der Waals surface area (Å²) >= 11 is 0. The fourth-order valence-electron chi connectivity index (χ4n) is 2.60. The first kappa shape index (κ1) is 18.8. The van der Waals surface area contributed by atoms with Crippen LogP contribution >= 0.6 is 0 Å². The van der Waals surface area contributed by atoms with Gasteiger partial charge in [-0.05, 0) is 30.2 Å². The highest BCUT2D eigenvalue weighted by Gasteiger charge is 2.40. The highest BCUT2D eigenvalue weighted by Crippen LogP contribution is 2.39. The number of aliphatic hydroxyl groups is 2. The van der Waals surface area contributed by atoms with Gasteiger partial charge in [0, 0.05) is 13.0 Å². The Kier molecular flexibility index (Phi) is 5.66. The highest BCUT2D eigenvalue weighted by atomic mass is 16.5. The first-order chi connectivity index (χ1) is 11.8. The fourth-order valence-corrected chi connectivity index (χ4v) is 2.60. The Morgan fingerprint density at radius 2 is 1.76 bits per heavy atom. The van der Waals surface area contributed by atoms with E-state index in [9.17, 15) is 19.8 Å². The fraction of sp³-hybridized carbons (Fsp3) is 0.412. The van der Waals surface area contributed by atoms with Crippen LogP contribution < -0.4 is 14.2 Å². The van der Waals surface area contributed by atoms with Crippen molar-refractivity contribution in [2.24, 2.45) is 0 Å². The van der Waals surface area contributed by atoms with E-state index >= 15 is 0 Å². The van der Waals surface area contributed by atoms with Crippen LogP contribution in [0.15, 0.2) is 24.3 Å². The molecule has 1 aliphatic heterocycles. The predicted molar refractivity (Wildman–Crippen MR) is 87.4 cm³/mol. The summed E-state index contributed by atoms with van der Waals surface area (Å²) in [6.07, 6.45) is 2.88. The van der Waals surface area contributed by atoms with E-state index in [1.54, 1.807) is 6.08 Å². The zero-order valence-corrected chi connectivity index (χ0v) is 14.3. The van der Waals surface area contributed by atoms with E-state index in [0.717, 1.165) is 4.90 Å². The average molecular weight is 351 g/mol. The maximum Gasteiger partial charge on any atom is 0.289 e. The molecule has 1 aliphatic rings. The maximum atomic E-state index is 12.4. The van der Waals surface area contributed by atoms with Gasteiger partial charge in [0.25, 0.3) is 11.8 Å². The maximum absolute atomic E-state index is 12.4. The number of hydrogen-bond acceptors (Lipinski definition) is 7. The summed E-state index contributed by atoms with van der Waals surface area (Å²) in [6, 6.07) is 3.02. The molecule has 0 unspecified atom stereocenters. The Balaban J connectivity index is 2.29. The van der Waals surface area contributed by atoms with Gasteiger partial charge < -0.3 is 24.4 Å². The van der Waals surface area contributed by atoms with Gasteiger partial charge in [0.1, 0.15) is 0 Å². The summed E-state index contributed by atoms with van der Waals surface area (Å²) in [5.74, 6) is -3.41. The second-order valence-corrected chi connectivity index (χ2v) is 5.51. The van der Waals surface area contributed by atoms with E-state index in [1.165, 1.54) is 39.5 Å². The zero-order valence-electron chi connectivity index (χ0n) is 14.3. The molecule has 2 N–H and O–H groups in total. The molecule has 2 amide bonds. The normalized spacial score (nSPS) is 14.4. The molecule has 8 heteroatoms. The summed E-state index contributed by atoms with van der Waals surface area (Å²) in [4.78, 5) is 24.9. The van der Waals surface area contributed by atoms with Gasteiger partial charge in [-0.2, -0.15) is 0 Å². The van der Waals surface area contributed by atoms with Gasteiger partial charge >= 0.3 is 0 Å². The second-order valence-electron chi connectivity index (χ2n) is 5.51. The lowest BCUT2D eigenvalue weighted by Gasteiger charge is -2.29. The molecule has 0 aliphatic carbocycles. The van der Waals surface area contributed by atoms with Crippen LogP contribution in [0.5, 0.6) is 17.2 Å². The van der Waals surface area contributed by atoms with Crippen molar-refractivity contribution in [3.8, 4) is 17.2 Å². The Morgan fingerprint density at radius 1 is 1.16 bits per heavy atom. The van der Waals surface area contributed by atoms with Crippen molar-refractivity contribution in [3.05, 3.63) is 29.8 Å². The van der Waals surface area contributed by atoms with Gasteiger partial charge in [0.05, 0.1) is 21.3 Å². The van der Waals surface area contributed by atoms with Gasteiger partial charge in [-0.15, -0.1) is 0 Å². The number of amides is 2. The van der Waals surface area contributed by atoms with Gasteiger partial charge in [-0.3, -0.25) is 14.5 Å². The van der Waals surface area contributed by atoms with Crippen LogP contribution in [-0.2, 0) is 16.0 Å². The predicted octanol–water partition coefficient (Wildman–Crippen LogP) is 0.251. The molecule has 1 heterocycles. The third-order valence-corrected chi connectivity index (χ3v) is 3.81. The number of methoxy groups -OCH3 is 3. The summed E-state index contributed by atoms with van der Waals surface area (Å²) in [5, 5.41) is 20.5. The van der Waals surface area contributed by atoms with Crippen LogP contribution in [0.3, 0.4) is 0 Å². The summed E-state index contributed by atoms with van der Waals surface area (Å²) in [7, 11) is 4.30. The van der Waals surface area contributed by atoms with Crippen molar-refractivity contribution >= 4 is 11.8 Å². The van der Waals surface area contributed by atoms with Crippen LogP contribution in [0.1, 0.15) is 12.0 Å². The molecule has 0 bridgehead atoms. The summed E-state index contributed by atoms with van der Waals surface area (Å²) in [5.41, 5.74) is 0.368. The van der Waals surface area contributed by atoms with Gasteiger partial charge in [-0.25, -0.2) is 0 Å². The molecular weight excluding hydrogens is 330 g/mol. The van der Waals surface area contributed by atoms with Crippen LogP contribution in [0.2, 0.25) is 0 Å². The topological polar surface area (TPSA) is 106 Å². The van der Waals surface area contributed by atoms with E-state index in [4.69, 9.17) is 14.2 Å². The minimum absolute atomic E-state index is 0.103. The number of ether oxygens (including phenoxy) is 3. The number of nitrogens with zero attached hydrogens (tertiary/aromatic N) is 1. The minimum Gasteiger partial charge on any atom is -0.493 e. The minimum atomic E-state index is -2.74. The van der Waals surface area contributed by atoms with Gasteiger partial charge in [0.15, 0.2) is 11.5 Å². The quantitative estimate of drug-likeness (QED) is 0.708. The third-order valence-electron chi connectivity index (χ3n) is 3.81. The Morgan fingerprint density at radius 3 is 2.24 bits per heavy atom. The van der Waals surface area contributed by atoms with Crippen molar-refractivity contribution in [2.45, 2.75) is 18.6 Å². The molecule has 1 aromatic carbocycles.